The van der Waals surface area contributed by atoms with Gasteiger partial charge in [-0.2, -0.15) is 0 Å². The number of aromatic nitrogens is 3. The van der Waals surface area contributed by atoms with Crippen LogP contribution in [0, 0.1) is 0 Å². The molecule has 0 fully saturated rings. The van der Waals surface area contributed by atoms with Crippen molar-refractivity contribution in [2.45, 2.75) is 43.8 Å². The van der Waals surface area contributed by atoms with E-state index in [-0.39, 0.29) is 5.78 Å². The molecule has 0 amide bonds. The van der Waals surface area contributed by atoms with E-state index < -0.39 is 0 Å². The van der Waals surface area contributed by atoms with E-state index in [0.717, 1.165) is 29.4 Å². The molecule has 1 heterocycles. The molecule has 0 saturated carbocycles. The Bertz CT molecular complexity index is 1230. The van der Waals surface area contributed by atoms with E-state index in [4.69, 9.17) is 0 Å². The maximum Gasteiger partial charge on any atom is 0.191 e. The minimum absolute atomic E-state index is 0.146. The summed E-state index contributed by atoms with van der Waals surface area (Å²) in [7, 11) is 0. The minimum Gasteiger partial charge on any atom is -0.301 e. The number of benzene rings is 3. The third-order valence-electron chi connectivity index (χ3n) is 6.18. The molecule has 4 aromatic rings. The monoisotopic (exact) mass is 453 g/mol. The number of carbonyl (C=O) groups is 1. The van der Waals surface area contributed by atoms with Crippen LogP contribution in [0.25, 0.3) is 0 Å². The Kier molecular flexibility index (Phi) is 6.68. The SMILES string of the molecule is O=C(CSc1nnc(Cc2ccccc2)n1Cc1ccccc1)c1ccc2c(c1)CCCC2. The maximum atomic E-state index is 13.0. The molecular formula is C28H27N3OS. The second-order valence-electron chi connectivity index (χ2n) is 8.54. The van der Waals surface area contributed by atoms with E-state index in [1.807, 2.05) is 42.5 Å². The van der Waals surface area contributed by atoms with Gasteiger partial charge in [0.25, 0.3) is 0 Å². The van der Waals surface area contributed by atoms with Crippen LogP contribution in [0.1, 0.15) is 51.3 Å². The lowest BCUT2D eigenvalue weighted by Crippen LogP contribution is -2.10. The van der Waals surface area contributed by atoms with Gasteiger partial charge < -0.3 is 4.57 Å². The van der Waals surface area contributed by atoms with Crippen molar-refractivity contribution in [3.05, 3.63) is 113 Å². The van der Waals surface area contributed by atoms with Crippen molar-refractivity contribution in [1.29, 1.82) is 0 Å². The molecule has 3 aromatic carbocycles. The van der Waals surface area contributed by atoms with Crippen LogP contribution in [0.15, 0.2) is 84.0 Å². The summed E-state index contributed by atoms with van der Waals surface area (Å²) in [5.41, 5.74) is 5.94. The number of aryl methyl sites for hydroxylation is 2. The Balaban J connectivity index is 1.35. The summed E-state index contributed by atoms with van der Waals surface area (Å²) in [6.45, 7) is 0.686. The molecule has 0 N–H and O–H groups in total. The van der Waals surface area contributed by atoms with Crippen molar-refractivity contribution in [3.63, 3.8) is 0 Å². The Hall–Kier alpha value is -3.18. The lowest BCUT2D eigenvalue weighted by atomic mass is 9.90. The second kappa shape index (κ2) is 10.2. The van der Waals surface area contributed by atoms with Gasteiger partial charge in [-0.3, -0.25) is 4.79 Å². The van der Waals surface area contributed by atoms with Crippen molar-refractivity contribution in [2.75, 3.05) is 5.75 Å². The van der Waals surface area contributed by atoms with Gasteiger partial charge in [-0.1, -0.05) is 84.6 Å². The van der Waals surface area contributed by atoms with Crippen LogP contribution in [0.5, 0.6) is 0 Å². The van der Waals surface area contributed by atoms with Gasteiger partial charge in [-0.15, -0.1) is 10.2 Å². The number of hydrogen-bond acceptors (Lipinski definition) is 4. The molecule has 0 bridgehead atoms. The zero-order chi connectivity index (χ0) is 22.5. The van der Waals surface area contributed by atoms with E-state index in [0.29, 0.717) is 18.7 Å². The number of rotatable bonds is 8. The quantitative estimate of drug-likeness (QED) is 0.251. The van der Waals surface area contributed by atoms with Gasteiger partial charge >= 0.3 is 0 Å². The summed E-state index contributed by atoms with van der Waals surface area (Å²) in [5.74, 6) is 1.41. The highest BCUT2D eigenvalue weighted by molar-refractivity contribution is 7.99. The number of fused-ring (bicyclic) bond motifs is 1. The number of ketones is 1. The molecule has 0 atom stereocenters. The number of carbonyl (C=O) groups excluding carboxylic acids is 1. The minimum atomic E-state index is 0.146. The molecule has 4 nitrogen and oxygen atoms in total. The van der Waals surface area contributed by atoms with Crippen LogP contribution in [-0.2, 0) is 25.8 Å². The van der Waals surface area contributed by atoms with Crippen molar-refractivity contribution in [2.24, 2.45) is 0 Å². The average molecular weight is 454 g/mol. The average Bonchev–Trinajstić information content (AvgIpc) is 3.24. The van der Waals surface area contributed by atoms with Gasteiger partial charge in [-0.25, -0.2) is 0 Å². The third-order valence-corrected chi connectivity index (χ3v) is 7.15. The van der Waals surface area contributed by atoms with Gasteiger partial charge in [0.05, 0.1) is 12.3 Å². The van der Waals surface area contributed by atoms with E-state index in [9.17, 15) is 4.79 Å². The van der Waals surface area contributed by atoms with Crippen LogP contribution in [-0.4, -0.2) is 26.3 Å². The van der Waals surface area contributed by atoms with Crippen LogP contribution in [0.4, 0.5) is 0 Å². The van der Waals surface area contributed by atoms with Crippen LogP contribution in [0.3, 0.4) is 0 Å². The van der Waals surface area contributed by atoms with Crippen LogP contribution in [0.2, 0.25) is 0 Å². The van der Waals surface area contributed by atoms with E-state index in [1.54, 1.807) is 0 Å². The number of Topliss-reactive ketones (excluding diaryl/α,β-unsaturated/α-hetero) is 1. The highest BCUT2D eigenvalue weighted by atomic mass is 32.2. The van der Waals surface area contributed by atoms with E-state index >= 15 is 0 Å². The molecule has 0 radical (unpaired) electrons. The van der Waals surface area contributed by atoms with Crippen molar-refractivity contribution >= 4 is 17.5 Å². The molecule has 5 heteroatoms. The van der Waals surface area contributed by atoms with Gasteiger partial charge in [0.1, 0.15) is 5.82 Å². The molecule has 166 valence electrons. The summed E-state index contributed by atoms with van der Waals surface area (Å²) in [5, 5.41) is 9.75. The normalized spacial score (nSPS) is 13.0. The molecule has 5 rings (SSSR count). The smallest absolute Gasteiger partial charge is 0.191 e. The number of nitrogens with zero attached hydrogens (tertiary/aromatic N) is 3. The van der Waals surface area contributed by atoms with Gasteiger partial charge in [-0.05, 0) is 54.0 Å². The standard InChI is InChI=1S/C28H27N3OS/c32-26(25-16-15-23-13-7-8-14-24(23)18-25)20-33-28-30-29-27(17-21-9-3-1-4-10-21)31(28)19-22-11-5-2-6-12-22/h1-6,9-12,15-16,18H,7-8,13-14,17,19-20H2. The lowest BCUT2D eigenvalue weighted by Gasteiger charge is -2.16. The first-order valence-electron chi connectivity index (χ1n) is 11.5. The molecule has 1 aliphatic carbocycles. The summed E-state index contributed by atoms with van der Waals surface area (Å²) in [6.07, 6.45) is 5.38. The van der Waals surface area contributed by atoms with Crippen molar-refractivity contribution < 1.29 is 4.79 Å². The second-order valence-corrected chi connectivity index (χ2v) is 9.48. The summed E-state index contributed by atoms with van der Waals surface area (Å²) < 4.78 is 2.15. The van der Waals surface area contributed by atoms with Gasteiger partial charge in [0.2, 0.25) is 0 Å². The molecular weight excluding hydrogens is 426 g/mol. The molecule has 1 aliphatic rings. The Labute approximate surface area is 199 Å². The highest BCUT2D eigenvalue weighted by Gasteiger charge is 2.17. The fraction of sp³-hybridized carbons (Fsp3) is 0.250. The molecule has 1 aromatic heterocycles. The number of thioether (sulfide) groups is 1. The molecule has 0 aliphatic heterocycles. The van der Waals surface area contributed by atoms with Crippen LogP contribution < -0.4 is 0 Å². The van der Waals surface area contributed by atoms with E-state index in [1.165, 1.54) is 46.9 Å². The predicted molar refractivity (Wildman–Crippen MR) is 133 cm³/mol. The van der Waals surface area contributed by atoms with Crippen LogP contribution >= 0.6 is 11.8 Å². The number of hydrogen-bond donors (Lipinski definition) is 0. The molecule has 33 heavy (non-hydrogen) atoms. The first-order valence-corrected chi connectivity index (χ1v) is 12.5. The Morgan fingerprint density at radius 2 is 1.52 bits per heavy atom. The maximum absolute atomic E-state index is 13.0. The summed E-state index contributed by atoms with van der Waals surface area (Å²) in [4.78, 5) is 13.0. The molecule has 0 unspecified atom stereocenters. The Morgan fingerprint density at radius 1 is 0.818 bits per heavy atom. The molecule has 0 spiro atoms. The summed E-state index contributed by atoms with van der Waals surface area (Å²) >= 11 is 1.48. The van der Waals surface area contributed by atoms with Crippen molar-refractivity contribution in [3.8, 4) is 0 Å². The zero-order valence-electron chi connectivity index (χ0n) is 18.6. The third kappa shape index (κ3) is 5.25. The van der Waals surface area contributed by atoms with Crippen molar-refractivity contribution in [1.82, 2.24) is 14.8 Å². The first-order chi connectivity index (χ1) is 16.3. The largest absolute Gasteiger partial charge is 0.301 e. The fourth-order valence-electron chi connectivity index (χ4n) is 4.38. The Morgan fingerprint density at radius 3 is 2.27 bits per heavy atom. The van der Waals surface area contributed by atoms with Gasteiger partial charge in [0.15, 0.2) is 10.9 Å². The predicted octanol–water partition coefficient (Wildman–Crippen LogP) is 5.77. The fourth-order valence-corrected chi connectivity index (χ4v) is 5.23. The lowest BCUT2D eigenvalue weighted by molar-refractivity contribution is 0.102. The molecule has 0 saturated heterocycles. The van der Waals surface area contributed by atoms with Gasteiger partial charge in [0, 0.05) is 12.0 Å². The highest BCUT2D eigenvalue weighted by Crippen LogP contribution is 2.25. The first kappa shape index (κ1) is 21.7. The summed E-state index contributed by atoms with van der Waals surface area (Å²) in [6, 6.07) is 26.9. The van der Waals surface area contributed by atoms with E-state index in [2.05, 4.69) is 51.2 Å². The zero-order valence-corrected chi connectivity index (χ0v) is 19.4. The topological polar surface area (TPSA) is 47.8 Å².